The number of halogens is 2. The third-order valence-corrected chi connectivity index (χ3v) is 34.0. The number of hydrogen-bond acceptors (Lipinski definition) is 31. The molecule has 26 rings (SSSR count). The number of epoxide rings is 1. The maximum atomic E-state index is 12.7. The summed E-state index contributed by atoms with van der Waals surface area (Å²) in [6.07, 6.45) is 23.0. The maximum absolute atomic E-state index is 12.7. The second kappa shape index (κ2) is 45.5. The van der Waals surface area contributed by atoms with Gasteiger partial charge in [0.05, 0.1) is 69.2 Å². The number of esters is 2. The van der Waals surface area contributed by atoms with Crippen LogP contribution < -0.4 is 9.46 Å². The standard InChI is InChI=1S/C19H28O8.C19H20O3.C16H22O2.C15H24O5.C15H10O5.C9H5ClINO.C8H8O3.2C5H5NOS.Zn/c1-10-4-5-13-11(2)16(23-15(22)7-6-14(20)21)24-17-19(13)12(10)8-9-18(3,25-17)26-27-19;1-10-9-22-18-12-6-7-13-11(5-4-8-19(13,2)3)15(12)17(21)16(20)14(10)18;1-10-5-4-8-16(3)15(18-16)13-9-14(17)11(2)12(13)7-6-10;1-8-4-5-11-9(2)12(16)17-13-15(11)10(8)6-7-14(3,18-13)19-20-15;1-6-2-4-8(16)12-10(6)13(18)7-3-5-9(17)14(19)11(7)15(12)20;10-6-4-7(11)9(13)8-5(6)2-1-3-12-8;1-5-6-4-8(9)11-7(6)2-3-10-5;2*7-6-4-2-1-3-5(6)8;/h10-13,16-17H,4-9H2,1-3H3,(H,20,21);6-7,10H,4-5,8-9H2,1-3H3;5,12-13,15H,2,4,6-9H2,1,3H3;8-13,16H,4-7H2,1-3H3;2-5,16-17,19H,1H3;1-4,13H;2,4-5H,3H2,1H3;2*1-4,7H;/q;;;;;;;;;+2/p+2/b;;10-5+;;;;;;;/t10-,11-,12+,13+,16+,17-,18-,19-;;12-,13-,15-,16+;8-,9-,10+,11+,12-,13-,14-,15-;;;;;;/m0.00....../s1. The summed E-state index contributed by atoms with van der Waals surface area (Å²) in [5.41, 5.74) is 7.16. The van der Waals surface area contributed by atoms with E-state index in [0.29, 0.717) is 108 Å². The van der Waals surface area contributed by atoms with E-state index in [4.69, 9.17) is 89.3 Å². The Balaban J connectivity index is 0.000000127. The van der Waals surface area contributed by atoms with Gasteiger partial charge in [0.1, 0.15) is 22.8 Å². The number of phenolic OH excluding ortho intramolecular Hbond substituents is 4. The molecule has 8 N–H and O–H groups in total. The van der Waals surface area contributed by atoms with Gasteiger partial charge in [-0.2, -0.15) is 0 Å². The second-order valence-corrected chi connectivity index (χ2v) is 44.8. The normalized spacial score (nSPS) is 32.5. The van der Waals surface area contributed by atoms with Crippen LogP contribution in [0.15, 0.2) is 172 Å². The number of carboxylic acids is 1. The van der Waals surface area contributed by atoms with Crippen molar-refractivity contribution in [1.29, 1.82) is 0 Å². The van der Waals surface area contributed by atoms with E-state index in [2.05, 4.69) is 90.5 Å². The smallest absolute Gasteiger partial charge is 0.507 e. The Morgan fingerprint density at radius 1 is 0.642 bits per heavy atom. The van der Waals surface area contributed by atoms with Crippen LogP contribution in [0.5, 0.6) is 23.0 Å². The number of ketones is 5. The zero-order valence-electron chi connectivity index (χ0n) is 85.1. The zero-order valence-corrected chi connectivity index (χ0v) is 92.8. The van der Waals surface area contributed by atoms with Crippen molar-refractivity contribution in [2.45, 2.75) is 287 Å². The number of hydrogen-bond donors (Lipinski definition) is 10. The van der Waals surface area contributed by atoms with Crippen molar-refractivity contribution in [2.75, 3.05) is 13.2 Å². The number of aromatic nitrogens is 3. The number of carboxylic acid groups (broad SMARTS) is 1. The molecule has 7 aromatic rings. The van der Waals surface area contributed by atoms with E-state index in [1.807, 2.05) is 76.3 Å². The number of aliphatic hydroxyl groups excluding tert-OH is 1. The van der Waals surface area contributed by atoms with Gasteiger partial charge in [0.2, 0.25) is 47.6 Å². The number of aliphatic carboxylic acids is 1. The number of pyridine rings is 3. The van der Waals surface area contributed by atoms with Gasteiger partial charge >= 0.3 is 37.4 Å². The predicted molar refractivity (Wildman–Crippen MR) is 544 cm³/mol. The number of carbonyl (C=O) groups excluding carboxylic acids is 7. The first-order valence-electron chi connectivity index (χ1n) is 50.2. The summed E-state index contributed by atoms with van der Waals surface area (Å²) in [5.74, 6) is -2.42. The SMILES string of the molecule is C=C1C(=O)C[C@H]2[C@H]1CC/C(C)=C/CC[C@@]1(C)O[C@@H]21.CC1COC2=C1C(=O)C(=O)c1c2ccc2c1CCCC2(C)C.CC1OCC=C2OC(=O)C=C21.C[C@@H]1[C@H](OC(=O)CCC(=O)O)O[C@H]2O[C@]3(C)CC[C@@H]4[C@@H](C)CC[C@H]1[C@]24OO3.C[C@H]1[C@H]2CC[C@H](C)[C@H]3CC[C@]4(C)OO[C@]23[C@@H](O[C@@H]1O)O4.Cc1ccc(O)c2c1C(=O)c1ccc(O)c(O)c1C2=O.O[n+]1ccccc1S.O[n+]1ccccc1S.Oc1c(I)cc(Cl)c2cccnc12.[Zn+2]. The first-order chi connectivity index (χ1) is 69.6. The molecule has 9 saturated heterocycles. The van der Waals surface area contributed by atoms with Gasteiger partial charge in [-0.25, -0.2) is 24.3 Å². The van der Waals surface area contributed by atoms with Crippen LogP contribution in [0.4, 0.5) is 0 Å². The van der Waals surface area contributed by atoms with Crippen LogP contribution >= 0.6 is 59.4 Å². The number of Topliss-reactive ketones (excluding diaryl/α,β-unsaturated/α-hetero) is 3. The molecule has 22 atom stereocenters. The van der Waals surface area contributed by atoms with Crippen molar-refractivity contribution in [3.63, 3.8) is 0 Å². The van der Waals surface area contributed by atoms with E-state index in [0.717, 1.165) is 127 Å². The number of benzene rings is 4. The molecule has 3 aromatic heterocycles. The molecule has 37 heteroatoms. The Kier molecular flexibility index (Phi) is 34.6. The molecular formula is C111H129ClIN3O29S2Zn+4. The van der Waals surface area contributed by atoms with Crippen molar-refractivity contribution in [2.24, 2.45) is 65.1 Å². The number of aliphatic hydroxyl groups is 1. The van der Waals surface area contributed by atoms with E-state index in [-0.39, 0.29) is 148 Å². The fourth-order valence-electron chi connectivity index (χ4n) is 24.0. The van der Waals surface area contributed by atoms with E-state index in [9.17, 15) is 63.9 Å². The van der Waals surface area contributed by atoms with E-state index in [1.165, 1.54) is 48.2 Å². The number of carbonyl (C=O) groups is 8. The molecule has 786 valence electrons. The van der Waals surface area contributed by atoms with Crippen LogP contribution in [-0.2, 0) is 117 Å². The van der Waals surface area contributed by atoms with Crippen LogP contribution in [0.2, 0.25) is 5.02 Å². The number of aryl methyl sites for hydroxylation is 1. The van der Waals surface area contributed by atoms with Gasteiger partial charge in [0.15, 0.2) is 58.9 Å². The third kappa shape index (κ3) is 22.4. The van der Waals surface area contributed by atoms with Gasteiger partial charge in [-0.3, -0.25) is 49.0 Å². The average molecular weight is 2260 g/mol. The van der Waals surface area contributed by atoms with Crippen LogP contribution in [0, 0.1) is 75.6 Å². The Bertz CT molecular complexity index is 6400. The molecule has 12 fully saturated rings. The average Bonchev–Trinajstić information content (AvgIpc) is 1.51. The van der Waals surface area contributed by atoms with Crippen molar-refractivity contribution in [3.05, 3.63) is 221 Å². The van der Waals surface area contributed by atoms with Crippen molar-refractivity contribution in [3.8, 4) is 23.0 Å². The van der Waals surface area contributed by atoms with E-state index >= 15 is 0 Å². The summed E-state index contributed by atoms with van der Waals surface area (Å²) in [6.45, 7) is 31.7. The monoisotopic (exact) mass is 2260 g/mol. The summed E-state index contributed by atoms with van der Waals surface area (Å²) < 4.78 is 54.1. The predicted octanol–water partition coefficient (Wildman–Crippen LogP) is 18.5. The van der Waals surface area contributed by atoms with Crippen molar-refractivity contribution < 1.29 is 171 Å². The molecule has 3 saturated carbocycles. The van der Waals surface area contributed by atoms with Crippen LogP contribution in [0.1, 0.15) is 257 Å². The van der Waals surface area contributed by atoms with Gasteiger partial charge < -0.3 is 73.3 Å². The Morgan fingerprint density at radius 3 is 1.88 bits per heavy atom. The quantitative estimate of drug-likeness (QED) is 0.00636. The molecule has 4 bridgehead atoms. The first kappa shape index (κ1) is 113. The van der Waals surface area contributed by atoms with Gasteiger partial charge in [-0.05, 0) is 259 Å². The minimum Gasteiger partial charge on any atom is -0.507 e. The van der Waals surface area contributed by atoms with Crippen molar-refractivity contribution in [1.82, 2.24) is 4.98 Å². The van der Waals surface area contributed by atoms with Gasteiger partial charge in [-0.1, -0.05) is 122 Å². The Morgan fingerprint density at radius 2 is 1.26 bits per heavy atom. The summed E-state index contributed by atoms with van der Waals surface area (Å²) >= 11 is 15.8. The van der Waals surface area contributed by atoms with E-state index < -0.39 is 82.9 Å². The minimum atomic E-state index is -1.03. The van der Waals surface area contributed by atoms with Crippen LogP contribution in [-0.4, -0.2) is 172 Å². The number of allylic oxidation sites excluding steroid dienone is 3. The largest absolute Gasteiger partial charge is 2.00 e. The minimum absolute atomic E-state index is 0. The molecule has 0 radical (unpaired) electrons. The van der Waals surface area contributed by atoms with Crippen LogP contribution in [0.3, 0.4) is 0 Å². The summed E-state index contributed by atoms with van der Waals surface area (Å²) in [6, 6.07) is 25.2. The molecule has 12 aliphatic heterocycles. The molecule has 32 nitrogen and oxygen atoms in total. The molecule has 2 spiro atoms. The first-order valence-corrected chi connectivity index (χ1v) is 52.6. The fraction of sp³-hybridized carbons (Fsp3) is 0.505. The Hall–Kier alpha value is -9.45. The molecule has 2 unspecified atom stereocenters. The van der Waals surface area contributed by atoms with Crippen LogP contribution in [0.25, 0.3) is 16.7 Å². The maximum Gasteiger partial charge on any atom is 2.00 e. The molecule has 148 heavy (non-hydrogen) atoms. The number of nitrogens with zero attached hydrogens (tertiary/aromatic N) is 3. The summed E-state index contributed by atoms with van der Waals surface area (Å²) in [4.78, 5) is 123. The number of phenols is 4. The molecule has 0 amide bonds. The molecule has 19 aliphatic rings. The van der Waals surface area contributed by atoms with Gasteiger partial charge in [0, 0.05) is 134 Å². The number of rotatable bonds is 4. The molecule has 7 aliphatic carbocycles. The third-order valence-electron chi connectivity index (χ3n) is 32.2. The summed E-state index contributed by atoms with van der Waals surface area (Å²) in [5, 5.41) is 77.7. The fourth-order valence-corrected chi connectivity index (χ4v) is 25.3. The molecular weight excluding hydrogens is 2130 g/mol. The number of thiol groups is 2. The second-order valence-electron chi connectivity index (χ2n) is 42.3. The Labute approximate surface area is 901 Å². The molecule has 15 heterocycles. The van der Waals surface area contributed by atoms with E-state index in [1.54, 1.807) is 73.8 Å². The zero-order chi connectivity index (χ0) is 106. The molecule has 4 aromatic carbocycles. The van der Waals surface area contributed by atoms with Crippen molar-refractivity contribution >= 4 is 123 Å². The number of ether oxygens (including phenoxy) is 9. The number of fused-ring (bicyclic) bond motifs is 15. The topological polar surface area (TPSA) is 442 Å². The number of aromatic hydroxyl groups is 4. The van der Waals surface area contributed by atoms with Gasteiger partial charge in [0.25, 0.3) is 10.1 Å². The summed E-state index contributed by atoms with van der Waals surface area (Å²) in [7, 11) is 0. The van der Waals surface area contributed by atoms with Gasteiger partial charge in [-0.15, -0.1) is 0 Å².